The molecule has 0 heterocycles. The van der Waals surface area contributed by atoms with Crippen LogP contribution in [0.1, 0.15) is 44.6 Å². The number of nitrogens with two attached hydrogens (primary N) is 2. The minimum atomic E-state index is 0.250. The van der Waals surface area contributed by atoms with Crippen molar-refractivity contribution in [3.05, 3.63) is 35.9 Å². The fraction of sp³-hybridized carbons (Fsp3) is 0.500. The molecule has 4 N–H and O–H groups in total. The molecule has 4 heteroatoms. The zero-order valence-electron chi connectivity index (χ0n) is 12.3. The number of ketones is 1. The normalized spacial score (nSPS) is 13.5. The molecular formula is C16H26N2O2. The Morgan fingerprint density at radius 1 is 1.25 bits per heavy atom. The second kappa shape index (κ2) is 12.4. The van der Waals surface area contributed by atoms with Gasteiger partial charge in [0.05, 0.1) is 0 Å². The predicted octanol–water partition coefficient (Wildman–Crippen LogP) is 2.20. The quantitative estimate of drug-likeness (QED) is 0.831. The molecule has 0 radical (unpaired) electrons. The summed E-state index contributed by atoms with van der Waals surface area (Å²) in [6, 6.07) is 10.4. The van der Waals surface area contributed by atoms with Crippen molar-refractivity contribution in [1.29, 1.82) is 0 Å². The van der Waals surface area contributed by atoms with Gasteiger partial charge >= 0.3 is 0 Å². The van der Waals surface area contributed by atoms with Gasteiger partial charge in [0.2, 0.25) is 6.41 Å². The van der Waals surface area contributed by atoms with Gasteiger partial charge in [-0.15, -0.1) is 0 Å². The largest absolute Gasteiger partial charge is 0.372 e. The molecule has 1 fully saturated rings. The van der Waals surface area contributed by atoms with E-state index in [0.717, 1.165) is 5.56 Å². The number of hydrogen-bond acceptors (Lipinski definition) is 3. The van der Waals surface area contributed by atoms with Crippen molar-refractivity contribution in [3.63, 3.8) is 0 Å². The van der Waals surface area contributed by atoms with Crippen molar-refractivity contribution in [2.24, 2.45) is 11.5 Å². The third-order valence-electron chi connectivity index (χ3n) is 3.04. The highest BCUT2D eigenvalue weighted by Crippen LogP contribution is 2.14. The first kappa shape index (κ1) is 18.3. The molecule has 2 rings (SSSR count). The Morgan fingerprint density at radius 3 is 2.10 bits per heavy atom. The lowest BCUT2D eigenvalue weighted by Crippen LogP contribution is -2.13. The molecule has 1 aliphatic carbocycles. The minimum absolute atomic E-state index is 0.250. The summed E-state index contributed by atoms with van der Waals surface area (Å²) in [5.41, 5.74) is 10.8. The molecule has 1 amide bonds. The molecule has 20 heavy (non-hydrogen) atoms. The van der Waals surface area contributed by atoms with Crippen LogP contribution in [0.25, 0.3) is 0 Å². The van der Waals surface area contributed by atoms with Crippen molar-refractivity contribution in [2.75, 3.05) is 0 Å². The van der Waals surface area contributed by atoms with Crippen LogP contribution in [-0.2, 0) is 16.0 Å². The highest BCUT2D eigenvalue weighted by Gasteiger charge is 2.07. The van der Waals surface area contributed by atoms with Gasteiger partial charge in [-0.25, -0.2) is 0 Å². The maximum atomic E-state index is 11.0. The predicted molar refractivity (Wildman–Crippen MR) is 82.1 cm³/mol. The van der Waals surface area contributed by atoms with Crippen molar-refractivity contribution >= 4 is 12.2 Å². The van der Waals surface area contributed by atoms with Crippen LogP contribution < -0.4 is 11.5 Å². The van der Waals surface area contributed by atoms with E-state index in [1.807, 2.05) is 37.3 Å². The van der Waals surface area contributed by atoms with E-state index in [4.69, 9.17) is 10.5 Å². The Balaban J connectivity index is 0.000000336. The van der Waals surface area contributed by atoms with Crippen molar-refractivity contribution < 1.29 is 9.59 Å². The average Bonchev–Trinajstić information content (AvgIpc) is 2.92. The SMILES string of the molecule is CCC(=O)Cc1ccccc1.NC1CCCC1.NC=O. The van der Waals surface area contributed by atoms with Gasteiger partial charge in [-0.05, 0) is 18.4 Å². The molecule has 1 aliphatic rings. The topological polar surface area (TPSA) is 86.2 Å². The van der Waals surface area contributed by atoms with E-state index >= 15 is 0 Å². The van der Waals surface area contributed by atoms with Crippen LogP contribution in [0, 0.1) is 0 Å². The van der Waals surface area contributed by atoms with E-state index in [1.54, 1.807) is 0 Å². The van der Waals surface area contributed by atoms with Gasteiger partial charge in [0.15, 0.2) is 0 Å². The zero-order chi connectivity index (χ0) is 15.2. The van der Waals surface area contributed by atoms with Gasteiger partial charge in [0.1, 0.15) is 5.78 Å². The Bertz CT molecular complexity index is 360. The summed E-state index contributed by atoms with van der Waals surface area (Å²) in [4.78, 5) is 19.6. The monoisotopic (exact) mass is 278 g/mol. The molecule has 0 aliphatic heterocycles. The molecule has 0 unspecified atom stereocenters. The van der Waals surface area contributed by atoms with Crippen molar-refractivity contribution in [1.82, 2.24) is 0 Å². The summed E-state index contributed by atoms with van der Waals surface area (Å²) in [7, 11) is 0. The van der Waals surface area contributed by atoms with Crippen LogP contribution in [0.5, 0.6) is 0 Å². The van der Waals surface area contributed by atoms with Crippen LogP contribution in [-0.4, -0.2) is 18.2 Å². The molecule has 0 spiro atoms. The average molecular weight is 278 g/mol. The number of Topliss-reactive ketones (excluding diaryl/α,β-unsaturated/α-hetero) is 1. The van der Waals surface area contributed by atoms with E-state index in [0.29, 0.717) is 24.7 Å². The molecule has 0 saturated heterocycles. The summed E-state index contributed by atoms with van der Waals surface area (Å²) < 4.78 is 0. The smallest absolute Gasteiger partial charge is 0.204 e. The van der Waals surface area contributed by atoms with Crippen LogP contribution in [0.2, 0.25) is 0 Å². The van der Waals surface area contributed by atoms with Crippen molar-refractivity contribution in [2.45, 2.75) is 51.5 Å². The molecule has 1 aromatic carbocycles. The standard InChI is InChI=1S/C10H12O.C5H11N.CH3NO/c1-2-10(11)8-9-6-4-3-5-7-9;6-5-3-1-2-4-5;2-1-3/h3-7H,2,8H2,1H3;5H,1-4,6H2;1H,(H2,2,3). The Kier molecular flexibility index (Phi) is 11.3. The fourth-order valence-corrected chi connectivity index (χ4v) is 1.91. The van der Waals surface area contributed by atoms with Gasteiger partial charge in [0.25, 0.3) is 0 Å². The van der Waals surface area contributed by atoms with Gasteiger partial charge in [-0.3, -0.25) is 9.59 Å². The number of amides is 1. The molecular weight excluding hydrogens is 252 g/mol. The Hall–Kier alpha value is -1.68. The fourth-order valence-electron chi connectivity index (χ4n) is 1.91. The molecule has 1 aromatic rings. The van der Waals surface area contributed by atoms with Crippen LogP contribution in [0.4, 0.5) is 0 Å². The van der Waals surface area contributed by atoms with Crippen molar-refractivity contribution in [3.8, 4) is 0 Å². The number of carbonyl (C=O) groups is 2. The highest BCUT2D eigenvalue weighted by molar-refractivity contribution is 5.80. The maximum absolute atomic E-state index is 11.0. The molecule has 0 bridgehead atoms. The first-order valence-electron chi connectivity index (χ1n) is 7.10. The lowest BCUT2D eigenvalue weighted by Gasteiger charge is -1.96. The molecule has 0 atom stereocenters. The summed E-state index contributed by atoms with van der Waals surface area (Å²) in [5.74, 6) is 0.302. The molecule has 1 saturated carbocycles. The van der Waals surface area contributed by atoms with E-state index in [1.165, 1.54) is 25.7 Å². The van der Waals surface area contributed by atoms with Gasteiger partial charge in [-0.2, -0.15) is 0 Å². The number of benzene rings is 1. The molecule has 0 aromatic heterocycles. The van der Waals surface area contributed by atoms with Gasteiger partial charge in [0, 0.05) is 18.9 Å². The van der Waals surface area contributed by atoms with Gasteiger partial charge < -0.3 is 11.5 Å². The number of carbonyl (C=O) groups excluding carboxylic acids is 2. The molecule has 4 nitrogen and oxygen atoms in total. The highest BCUT2D eigenvalue weighted by atomic mass is 16.1. The first-order chi connectivity index (χ1) is 9.63. The number of primary amides is 1. The second-order valence-corrected chi connectivity index (χ2v) is 4.74. The van der Waals surface area contributed by atoms with Crippen LogP contribution in [0.3, 0.4) is 0 Å². The summed E-state index contributed by atoms with van der Waals surface area (Å²) in [6.45, 7) is 1.89. The zero-order valence-corrected chi connectivity index (χ0v) is 12.3. The molecule has 112 valence electrons. The van der Waals surface area contributed by atoms with Gasteiger partial charge in [-0.1, -0.05) is 50.1 Å². The van der Waals surface area contributed by atoms with Crippen LogP contribution in [0.15, 0.2) is 30.3 Å². The second-order valence-electron chi connectivity index (χ2n) is 4.74. The number of hydrogen-bond donors (Lipinski definition) is 2. The Morgan fingerprint density at radius 2 is 1.75 bits per heavy atom. The maximum Gasteiger partial charge on any atom is 0.204 e. The van der Waals surface area contributed by atoms with E-state index in [2.05, 4.69) is 5.73 Å². The van der Waals surface area contributed by atoms with Crippen LogP contribution >= 0.6 is 0 Å². The third-order valence-corrected chi connectivity index (χ3v) is 3.04. The summed E-state index contributed by atoms with van der Waals surface area (Å²) >= 11 is 0. The minimum Gasteiger partial charge on any atom is -0.372 e. The summed E-state index contributed by atoms with van der Waals surface area (Å²) in [6.07, 6.45) is 6.72. The van der Waals surface area contributed by atoms with E-state index in [9.17, 15) is 4.79 Å². The van der Waals surface area contributed by atoms with E-state index in [-0.39, 0.29) is 6.41 Å². The Labute approximate surface area is 121 Å². The summed E-state index contributed by atoms with van der Waals surface area (Å²) in [5, 5.41) is 0. The number of rotatable bonds is 3. The first-order valence-corrected chi connectivity index (χ1v) is 7.10. The third kappa shape index (κ3) is 10.3. The van der Waals surface area contributed by atoms with E-state index < -0.39 is 0 Å². The lowest BCUT2D eigenvalue weighted by molar-refractivity contribution is -0.118. The lowest BCUT2D eigenvalue weighted by atomic mass is 10.1.